The molecule has 8 aromatic rings. The normalized spacial score (nSPS) is 11.3. The van der Waals surface area contributed by atoms with Crippen molar-refractivity contribution in [2.75, 3.05) is 13.1 Å². The van der Waals surface area contributed by atoms with E-state index in [1.807, 2.05) is 98.3 Å². The van der Waals surface area contributed by atoms with E-state index in [4.69, 9.17) is 22.1 Å². The Labute approximate surface area is 533 Å². The van der Waals surface area contributed by atoms with Gasteiger partial charge in [0.1, 0.15) is 25.1 Å². The van der Waals surface area contributed by atoms with E-state index in [0.717, 1.165) is 44.5 Å². The first kappa shape index (κ1) is 74.1. The Balaban J connectivity index is 0.000000283. The Kier molecular flexibility index (Phi) is 37.1. The van der Waals surface area contributed by atoms with Gasteiger partial charge in [-0.2, -0.15) is 11.3 Å². The van der Waals surface area contributed by atoms with Gasteiger partial charge in [-0.05, 0) is 105 Å². The van der Waals surface area contributed by atoms with Crippen LogP contribution < -0.4 is 31.9 Å². The van der Waals surface area contributed by atoms with Gasteiger partial charge in [-0.15, -0.1) is 0 Å². The van der Waals surface area contributed by atoms with Crippen LogP contribution in [0, 0.1) is 5.92 Å². The van der Waals surface area contributed by atoms with Gasteiger partial charge in [0.25, 0.3) is 0 Å². The van der Waals surface area contributed by atoms with E-state index in [1.165, 1.54) is 109 Å². The summed E-state index contributed by atoms with van der Waals surface area (Å²) in [6.45, 7) is 19.8. The molecule has 8 rings (SSSR count). The average molecular weight is 1240 g/mol. The summed E-state index contributed by atoms with van der Waals surface area (Å²) < 4.78 is 24.2. The quantitative estimate of drug-likeness (QED) is 0.0145. The number of rotatable bonds is 29. The van der Waals surface area contributed by atoms with Gasteiger partial charge in [-0.25, -0.2) is 0 Å². The van der Waals surface area contributed by atoms with Gasteiger partial charge in [0.05, 0.1) is 53.6 Å². The fraction of sp³-hybridized carbons (Fsp3) is 0.250. The van der Waals surface area contributed by atoms with Crippen LogP contribution >= 0.6 is 11.3 Å². The number of carbonyl (C=O) groups is 6. The van der Waals surface area contributed by atoms with E-state index in [1.54, 1.807) is 79.7 Å². The highest BCUT2D eigenvalue weighted by Gasteiger charge is 2.08. The fourth-order valence-corrected chi connectivity index (χ4v) is 7.17. The Hall–Kier alpha value is -10.2. The number of thiophene rings is 1. The topological polar surface area (TPSA) is 240 Å². The Morgan fingerprint density at radius 2 is 0.911 bits per heavy atom. The molecule has 18 heteroatoms. The molecule has 2 aromatic carbocycles. The van der Waals surface area contributed by atoms with Gasteiger partial charge in [0.2, 0.25) is 5.78 Å². The molecule has 17 nitrogen and oxygen atoms in total. The van der Waals surface area contributed by atoms with Crippen molar-refractivity contribution in [3.63, 3.8) is 0 Å². The molecule has 0 amide bonds. The summed E-state index contributed by atoms with van der Waals surface area (Å²) in [5.74, 6) is 0.622. The second-order valence-electron chi connectivity index (χ2n) is 20.9. The number of hydrogen-bond donors (Lipinski definition) is 6. The van der Waals surface area contributed by atoms with E-state index in [9.17, 15) is 28.8 Å². The molecular formula is C72H86N6O11S. The van der Waals surface area contributed by atoms with Crippen LogP contribution in [0.1, 0.15) is 148 Å². The van der Waals surface area contributed by atoms with Crippen molar-refractivity contribution in [1.82, 2.24) is 31.9 Å². The first-order valence-electron chi connectivity index (χ1n) is 29.4. The van der Waals surface area contributed by atoms with E-state index < -0.39 is 0 Å². The number of benzene rings is 2. The number of nitrogens with one attached hydrogen (secondary N) is 6. The second kappa shape index (κ2) is 45.1. The van der Waals surface area contributed by atoms with Crippen molar-refractivity contribution in [1.29, 1.82) is 0 Å². The lowest BCUT2D eigenvalue weighted by molar-refractivity contribution is 0.101. The number of hydrogen-bond acceptors (Lipinski definition) is 18. The molecule has 6 heterocycles. The predicted octanol–water partition coefficient (Wildman–Crippen LogP) is 15.3. The molecule has 476 valence electrons. The van der Waals surface area contributed by atoms with E-state index in [2.05, 4.69) is 66.5 Å². The summed E-state index contributed by atoms with van der Waals surface area (Å²) in [4.78, 5) is 68.6. The highest BCUT2D eigenvalue weighted by atomic mass is 32.1. The third-order valence-corrected chi connectivity index (χ3v) is 12.4. The van der Waals surface area contributed by atoms with Gasteiger partial charge in [0.15, 0.2) is 34.7 Å². The van der Waals surface area contributed by atoms with Gasteiger partial charge in [-0.3, -0.25) is 28.8 Å². The lowest BCUT2D eigenvalue weighted by Gasteiger charge is -2.18. The van der Waals surface area contributed by atoms with Crippen molar-refractivity contribution in [2.45, 2.75) is 99.3 Å². The van der Waals surface area contributed by atoms with Crippen LogP contribution in [-0.2, 0) is 13.1 Å². The second-order valence-corrected chi connectivity index (χ2v) is 21.7. The Bertz CT molecular complexity index is 3240. The van der Waals surface area contributed by atoms with Crippen molar-refractivity contribution in [3.8, 4) is 0 Å². The SMILES string of the molecule is CC(C)(C)N/C=C\C(=O)c1ccoc1.CC(C)CN/C=C\C(=O)c1ccoc1.CCC(C)N/C=C\C(=O)c1ccoc1.CCCCN/C=C\C(=O)c1ccoc1.O=C(/C=C\NCc1ccccc1)c1ccco1.O=C(/C=C\NCc1ccccc1)c1ccsc1. The predicted molar refractivity (Wildman–Crippen MR) is 357 cm³/mol. The van der Waals surface area contributed by atoms with Crippen LogP contribution in [0.5, 0.6) is 0 Å². The van der Waals surface area contributed by atoms with Crippen molar-refractivity contribution >= 4 is 46.0 Å². The molecule has 0 radical (unpaired) electrons. The minimum Gasteiger partial charge on any atom is -0.472 e. The van der Waals surface area contributed by atoms with Crippen LogP contribution in [-0.4, -0.2) is 59.4 Å². The maximum atomic E-state index is 11.6. The molecule has 90 heavy (non-hydrogen) atoms. The number of unbranched alkanes of at least 4 members (excludes halogenated alkanes) is 1. The summed E-state index contributed by atoms with van der Waals surface area (Å²) in [6, 6.07) is 32.2. The number of carbonyl (C=O) groups excluding carboxylic acids is 6. The minimum atomic E-state index is -0.143. The number of ketones is 6. The van der Waals surface area contributed by atoms with Gasteiger partial charge >= 0.3 is 0 Å². The zero-order valence-electron chi connectivity index (χ0n) is 52.6. The Morgan fingerprint density at radius 1 is 0.478 bits per heavy atom. The summed E-state index contributed by atoms with van der Waals surface area (Å²) in [5, 5.41) is 22.2. The van der Waals surface area contributed by atoms with Gasteiger partial charge in [-0.1, -0.05) is 94.8 Å². The highest BCUT2D eigenvalue weighted by molar-refractivity contribution is 7.08. The molecule has 0 aliphatic rings. The molecule has 0 spiro atoms. The molecule has 0 fully saturated rings. The summed E-state index contributed by atoms with van der Waals surface area (Å²) in [6.07, 6.45) is 35.6. The largest absolute Gasteiger partial charge is 0.472 e. The van der Waals surface area contributed by atoms with E-state index in [-0.39, 0.29) is 40.2 Å². The molecule has 6 aromatic heterocycles. The minimum absolute atomic E-state index is 0.0207. The third kappa shape index (κ3) is 34.8. The van der Waals surface area contributed by atoms with Crippen molar-refractivity contribution < 1.29 is 50.9 Å². The molecule has 0 saturated carbocycles. The van der Waals surface area contributed by atoms with Crippen LogP contribution in [0.15, 0.2) is 266 Å². The maximum Gasteiger partial charge on any atom is 0.222 e. The average Bonchev–Trinajstić information content (AvgIpc) is 4.59. The zero-order chi connectivity index (χ0) is 65.5. The Morgan fingerprint density at radius 3 is 1.30 bits per heavy atom. The van der Waals surface area contributed by atoms with Crippen molar-refractivity contribution in [3.05, 3.63) is 289 Å². The summed E-state index contributed by atoms with van der Waals surface area (Å²) in [5.41, 5.74) is 5.39. The van der Waals surface area contributed by atoms with Crippen LogP contribution in [0.4, 0.5) is 0 Å². The fourth-order valence-electron chi connectivity index (χ4n) is 6.53. The first-order chi connectivity index (χ1) is 43.5. The standard InChI is InChI=1S/C14H13NO2.C14H13NOS.4C11H15NO2/c16-13(14-7-4-10-17-14)8-9-15-11-12-5-2-1-3-6-12;16-14(13-7-9-17-11-13)6-8-15-10-12-4-2-1-3-5-12;1-11(2,3)12-6-4-10(13)9-5-7-14-8-9;1-9(2)7-12-5-3-11(13)10-4-6-14-8-10;1-3-9(2)12-6-4-11(13)10-5-7-14-8-10;1-2-3-6-12-7-4-11(13)10-5-8-14-9-10/h1-10,15H,11H2;1-9,11,15H,10H2;4-8,12H,1-3H3;3-6,8-9,12H,7H2,1-2H3;4-9,12H,3H2,1-2H3;4-5,7-9,12H,2-3,6H2,1H3/b9-8-;8-6-;6-4-;5-3-;6-4-;7-4-. The molecule has 0 bridgehead atoms. The smallest absolute Gasteiger partial charge is 0.222 e. The molecular weight excluding hydrogens is 1160 g/mol. The highest BCUT2D eigenvalue weighted by Crippen LogP contribution is 2.09. The molecule has 1 atom stereocenters. The molecule has 1 unspecified atom stereocenters. The van der Waals surface area contributed by atoms with Crippen LogP contribution in [0.2, 0.25) is 0 Å². The first-order valence-corrected chi connectivity index (χ1v) is 30.4. The van der Waals surface area contributed by atoms with Crippen LogP contribution in [0.3, 0.4) is 0 Å². The van der Waals surface area contributed by atoms with Gasteiger partial charge < -0.3 is 54.0 Å². The maximum absolute atomic E-state index is 11.6. The lowest BCUT2D eigenvalue weighted by Crippen LogP contribution is -2.31. The van der Waals surface area contributed by atoms with Gasteiger partial charge in [0, 0.05) is 122 Å². The molecule has 0 aliphatic carbocycles. The monoisotopic (exact) mass is 1240 g/mol. The number of furan rings is 5. The lowest BCUT2D eigenvalue weighted by atomic mass is 10.1. The van der Waals surface area contributed by atoms with Crippen LogP contribution in [0.25, 0.3) is 0 Å². The zero-order valence-corrected chi connectivity index (χ0v) is 53.4. The summed E-state index contributed by atoms with van der Waals surface area (Å²) >= 11 is 1.53. The van der Waals surface area contributed by atoms with Crippen molar-refractivity contribution in [2.24, 2.45) is 5.92 Å². The molecule has 0 saturated heterocycles. The molecule has 0 aliphatic heterocycles. The van der Waals surface area contributed by atoms with E-state index >= 15 is 0 Å². The molecule has 6 N–H and O–H groups in total. The van der Waals surface area contributed by atoms with E-state index in [0.29, 0.717) is 46.5 Å². The summed E-state index contributed by atoms with van der Waals surface area (Å²) in [7, 11) is 0. The third-order valence-electron chi connectivity index (χ3n) is 11.7. The number of allylic oxidation sites excluding steroid dienone is 6.